The monoisotopic (exact) mass is 323 g/mol. The van der Waals surface area contributed by atoms with E-state index in [-0.39, 0.29) is 21.0 Å². The van der Waals surface area contributed by atoms with Gasteiger partial charge in [0.25, 0.3) is 0 Å². The minimum atomic E-state index is -3.95. The Morgan fingerprint density at radius 2 is 2.00 bits per heavy atom. The molecule has 0 amide bonds. The summed E-state index contributed by atoms with van der Waals surface area (Å²) in [5.74, 6) is -1.20. The van der Waals surface area contributed by atoms with Crippen LogP contribution in [0.15, 0.2) is 23.1 Å². The van der Waals surface area contributed by atoms with Gasteiger partial charge in [0.2, 0.25) is 10.0 Å². The zero-order valence-corrected chi connectivity index (χ0v) is 12.0. The number of halogens is 2. The van der Waals surface area contributed by atoms with E-state index in [1.807, 2.05) is 0 Å². The number of hydrogen-bond donors (Lipinski definition) is 1. The van der Waals surface area contributed by atoms with Gasteiger partial charge in [-0.3, -0.25) is 4.79 Å². The number of carbonyl (C=O) groups is 1. The average Bonchev–Trinajstić information content (AvgIpc) is 3.13. The number of hydrogen-bond acceptors (Lipinski definition) is 3. The SMILES string of the molecule is O=C(O)CN(C1CC1)S(=O)(=O)c1cccc(Cl)c1Cl. The van der Waals surface area contributed by atoms with Crippen molar-refractivity contribution in [3.8, 4) is 0 Å². The standard InChI is InChI=1S/C11H11Cl2NO4S/c12-8-2-1-3-9(11(8)13)19(17,18)14(6-10(15)16)7-4-5-7/h1-3,7H,4-6H2,(H,15,16). The smallest absolute Gasteiger partial charge is 0.318 e. The van der Waals surface area contributed by atoms with Crippen molar-refractivity contribution in [3.05, 3.63) is 28.2 Å². The zero-order chi connectivity index (χ0) is 14.2. The third-order valence-corrected chi connectivity index (χ3v) is 5.62. The van der Waals surface area contributed by atoms with Gasteiger partial charge < -0.3 is 5.11 Å². The average molecular weight is 324 g/mol. The highest BCUT2D eigenvalue weighted by molar-refractivity contribution is 7.89. The molecule has 1 aromatic carbocycles. The van der Waals surface area contributed by atoms with Crippen molar-refractivity contribution in [3.63, 3.8) is 0 Å². The van der Waals surface area contributed by atoms with Gasteiger partial charge >= 0.3 is 5.97 Å². The molecule has 0 heterocycles. The number of rotatable bonds is 5. The Morgan fingerprint density at radius 1 is 1.37 bits per heavy atom. The summed E-state index contributed by atoms with van der Waals surface area (Å²) in [6.07, 6.45) is 1.31. The molecule has 1 saturated carbocycles. The van der Waals surface area contributed by atoms with E-state index in [4.69, 9.17) is 28.3 Å². The Balaban J connectivity index is 2.44. The van der Waals surface area contributed by atoms with Crippen molar-refractivity contribution in [2.75, 3.05) is 6.54 Å². The van der Waals surface area contributed by atoms with Crippen LogP contribution in [0.4, 0.5) is 0 Å². The maximum Gasteiger partial charge on any atom is 0.318 e. The lowest BCUT2D eigenvalue weighted by Crippen LogP contribution is -2.37. The van der Waals surface area contributed by atoms with E-state index in [9.17, 15) is 13.2 Å². The molecule has 0 spiro atoms. The molecule has 5 nitrogen and oxygen atoms in total. The third kappa shape index (κ3) is 3.02. The Morgan fingerprint density at radius 3 is 2.53 bits per heavy atom. The summed E-state index contributed by atoms with van der Waals surface area (Å²) < 4.78 is 25.8. The van der Waals surface area contributed by atoms with Crippen LogP contribution in [0.3, 0.4) is 0 Å². The molecular weight excluding hydrogens is 313 g/mol. The molecule has 0 unspecified atom stereocenters. The number of aliphatic carboxylic acids is 1. The predicted molar refractivity (Wildman–Crippen MR) is 71.0 cm³/mol. The maximum absolute atomic E-state index is 12.4. The molecule has 8 heteroatoms. The molecule has 0 atom stereocenters. The normalized spacial score (nSPS) is 15.7. The van der Waals surface area contributed by atoms with Gasteiger partial charge in [0.15, 0.2) is 0 Å². The molecule has 0 aliphatic heterocycles. The molecule has 2 rings (SSSR count). The molecule has 104 valence electrons. The fourth-order valence-electron chi connectivity index (χ4n) is 1.72. The highest BCUT2D eigenvalue weighted by Gasteiger charge is 2.40. The van der Waals surface area contributed by atoms with Crippen LogP contribution in [-0.2, 0) is 14.8 Å². The third-order valence-electron chi connectivity index (χ3n) is 2.75. The van der Waals surface area contributed by atoms with Gasteiger partial charge in [0.1, 0.15) is 11.4 Å². The molecule has 1 N–H and O–H groups in total. The van der Waals surface area contributed by atoms with Crippen LogP contribution >= 0.6 is 23.2 Å². The minimum Gasteiger partial charge on any atom is -0.480 e. The first-order valence-corrected chi connectivity index (χ1v) is 7.71. The topological polar surface area (TPSA) is 74.7 Å². The summed E-state index contributed by atoms with van der Waals surface area (Å²) in [7, 11) is -3.95. The van der Waals surface area contributed by atoms with Gasteiger partial charge in [-0.25, -0.2) is 8.42 Å². The molecule has 0 aromatic heterocycles. The summed E-state index contributed by atoms with van der Waals surface area (Å²) in [6.45, 7) is -0.574. The van der Waals surface area contributed by atoms with E-state index in [1.54, 1.807) is 0 Å². The number of benzene rings is 1. The van der Waals surface area contributed by atoms with E-state index in [0.29, 0.717) is 12.8 Å². The fraction of sp³-hybridized carbons (Fsp3) is 0.364. The first-order chi connectivity index (χ1) is 8.84. The Bertz CT molecular complexity index is 613. The molecule has 0 radical (unpaired) electrons. The molecule has 1 aromatic rings. The number of sulfonamides is 1. The van der Waals surface area contributed by atoms with Crippen molar-refractivity contribution in [1.82, 2.24) is 4.31 Å². The molecule has 19 heavy (non-hydrogen) atoms. The van der Waals surface area contributed by atoms with Crippen molar-refractivity contribution in [2.24, 2.45) is 0 Å². The molecule has 1 fully saturated rings. The van der Waals surface area contributed by atoms with Gasteiger partial charge in [-0.15, -0.1) is 0 Å². The lowest BCUT2D eigenvalue weighted by molar-refractivity contribution is -0.137. The summed E-state index contributed by atoms with van der Waals surface area (Å²) in [5.41, 5.74) is 0. The predicted octanol–water partition coefficient (Wildman–Crippen LogP) is 2.23. The van der Waals surface area contributed by atoms with E-state index >= 15 is 0 Å². The van der Waals surface area contributed by atoms with Crippen LogP contribution in [-0.4, -0.2) is 36.4 Å². The van der Waals surface area contributed by atoms with Crippen molar-refractivity contribution >= 4 is 39.2 Å². The van der Waals surface area contributed by atoms with Crippen LogP contribution in [0.5, 0.6) is 0 Å². The van der Waals surface area contributed by atoms with E-state index < -0.39 is 22.5 Å². The number of carboxylic acids is 1. The lowest BCUT2D eigenvalue weighted by atomic mass is 10.4. The second-order valence-electron chi connectivity index (χ2n) is 4.23. The Labute approximate surface area is 120 Å². The highest BCUT2D eigenvalue weighted by Crippen LogP contribution is 2.36. The highest BCUT2D eigenvalue weighted by atomic mass is 35.5. The number of nitrogens with zero attached hydrogens (tertiary/aromatic N) is 1. The van der Waals surface area contributed by atoms with Crippen LogP contribution < -0.4 is 0 Å². The Hall–Kier alpha value is -0.820. The summed E-state index contributed by atoms with van der Waals surface area (Å²) in [5, 5.41) is 8.87. The van der Waals surface area contributed by atoms with Crippen LogP contribution in [0, 0.1) is 0 Å². The quantitative estimate of drug-likeness (QED) is 0.901. The summed E-state index contributed by atoms with van der Waals surface area (Å²) in [6, 6.07) is 3.99. The molecule has 0 saturated heterocycles. The summed E-state index contributed by atoms with van der Waals surface area (Å²) >= 11 is 11.7. The second-order valence-corrected chi connectivity index (χ2v) is 6.87. The van der Waals surface area contributed by atoms with Crippen LogP contribution in [0.1, 0.15) is 12.8 Å². The van der Waals surface area contributed by atoms with Crippen molar-refractivity contribution < 1.29 is 18.3 Å². The van der Waals surface area contributed by atoms with Gasteiger partial charge in [-0.1, -0.05) is 29.3 Å². The maximum atomic E-state index is 12.4. The zero-order valence-electron chi connectivity index (χ0n) is 9.71. The van der Waals surface area contributed by atoms with E-state index in [2.05, 4.69) is 0 Å². The summed E-state index contributed by atoms with van der Waals surface area (Å²) in [4.78, 5) is 10.6. The van der Waals surface area contributed by atoms with Crippen LogP contribution in [0.25, 0.3) is 0 Å². The minimum absolute atomic E-state index is 0.0831. The second kappa shape index (κ2) is 5.28. The molecule has 1 aliphatic carbocycles. The molecule has 1 aliphatic rings. The van der Waals surface area contributed by atoms with E-state index in [0.717, 1.165) is 4.31 Å². The van der Waals surface area contributed by atoms with Crippen molar-refractivity contribution in [1.29, 1.82) is 0 Å². The van der Waals surface area contributed by atoms with Gasteiger partial charge in [-0.05, 0) is 25.0 Å². The largest absolute Gasteiger partial charge is 0.480 e. The van der Waals surface area contributed by atoms with Crippen LogP contribution in [0.2, 0.25) is 10.0 Å². The van der Waals surface area contributed by atoms with Gasteiger partial charge in [0.05, 0.1) is 10.0 Å². The van der Waals surface area contributed by atoms with Gasteiger partial charge in [-0.2, -0.15) is 4.31 Å². The van der Waals surface area contributed by atoms with Gasteiger partial charge in [0, 0.05) is 6.04 Å². The Kier molecular flexibility index (Phi) is 4.06. The first kappa shape index (κ1) is 14.6. The first-order valence-electron chi connectivity index (χ1n) is 5.51. The van der Waals surface area contributed by atoms with Crippen molar-refractivity contribution in [2.45, 2.75) is 23.8 Å². The van der Waals surface area contributed by atoms with E-state index in [1.165, 1.54) is 18.2 Å². The number of carboxylic acid groups (broad SMARTS) is 1. The molecule has 0 bridgehead atoms. The fourth-order valence-corrected chi connectivity index (χ4v) is 4.09. The lowest BCUT2D eigenvalue weighted by Gasteiger charge is -2.20. The molecular formula is C11H11Cl2NO4S.